The minimum Gasteiger partial charge on any atom is -0.394 e. The van der Waals surface area contributed by atoms with Gasteiger partial charge in [-0.25, -0.2) is 8.42 Å². The van der Waals surface area contributed by atoms with Crippen LogP contribution in [0.3, 0.4) is 0 Å². The van der Waals surface area contributed by atoms with E-state index >= 15 is 0 Å². The maximum absolute atomic E-state index is 11.7. The fraction of sp³-hybridized carbons (Fsp3) is 0.550. The van der Waals surface area contributed by atoms with E-state index in [9.17, 15) is 8.42 Å². The topological polar surface area (TPSA) is 92.3 Å². The maximum Gasteiger partial charge on any atom is 0.175 e. The number of rotatable bonds is 8. The lowest BCUT2D eigenvalue weighted by Crippen LogP contribution is -2.11. The van der Waals surface area contributed by atoms with E-state index in [1.807, 2.05) is 12.1 Å². The summed E-state index contributed by atoms with van der Waals surface area (Å²) >= 11 is 0. The van der Waals surface area contributed by atoms with E-state index in [2.05, 4.69) is 10.2 Å². The first-order valence-electron chi connectivity index (χ1n) is 9.54. The molecule has 0 amide bonds. The van der Waals surface area contributed by atoms with Crippen LogP contribution in [0.15, 0.2) is 29.2 Å². The molecule has 6 nitrogen and oxygen atoms in total. The first kappa shape index (κ1) is 20.0. The number of sulfone groups is 1. The van der Waals surface area contributed by atoms with Crippen LogP contribution in [-0.2, 0) is 27.6 Å². The van der Waals surface area contributed by atoms with Crippen LogP contribution < -0.4 is 0 Å². The number of hydrogen-bond acceptors (Lipinski definition) is 5. The van der Waals surface area contributed by atoms with Crippen LogP contribution in [0.2, 0.25) is 0 Å². The minimum absolute atomic E-state index is 0.0117. The molecule has 1 aromatic carbocycles. The van der Waals surface area contributed by atoms with Crippen LogP contribution in [0.5, 0.6) is 0 Å². The largest absolute Gasteiger partial charge is 0.394 e. The molecule has 1 heterocycles. The summed E-state index contributed by atoms with van der Waals surface area (Å²) in [6.45, 7) is 0.636. The molecule has 1 fully saturated rings. The molecule has 1 aliphatic carbocycles. The molecule has 1 saturated carbocycles. The van der Waals surface area contributed by atoms with Crippen LogP contribution in [0, 0.1) is 5.92 Å². The number of hydrogen-bond donors (Lipinski definition) is 2. The molecule has 1 aromatic heterocycles. The second-order valence-corrected chi connectivity index (χ2v) is 9.32. The third-order valence-electron chi connectivity index (χ3n) is 5.22. The number of H-pyrrole nitrogens is 1. The number of aromatic nitrogens is 2. The molecule has 0 radical (unpaired) electrons. The molecule has 0 bridgehead atoms. The van der Waals surface area contributed by atoms with Crippen LogP contribution in [0.1, 0.15) is 43.4 Å². The van der Waals surface area contributed by atoms with Crippen molar-refractivity contribution < 1.29 is 18.3 Å². The molecule has 1 aliphatic rings. The van der Waals surface area contributed by atoms with E-state index in [1.54, 1.807) is 12.1 Å². The summed E-state index contributed by atoms with van der Waals surface area (Å²) in [5.74, 6) is 0.641. The Bertz CT molecular complexity index is 837. The highest BCUT2D eigenvalue weighted by Gasteiger charge is 2.21. The van der Waals surface area contributed by atoms with Gasteiger partial charge in [0.2, 0.25) is 0 Å². The van der Waals surface area contributed by atoms with Gasteiger partial charge in [-0.15, -0.1) is 0 Å². The van der Waals surface area contributed by atoms with Crippen molar-refractivity contribution in [1.82, 2.24) is 10.2 Å². The van der Waals surface area contributed by atoms with Crippen molar-refractivity contribution in [2.75, 3.05) is 19.5 Å². The van der Waals surface area contributed by atoms with E-state index in [0.717, 1.165) is 28.9 Å². The van der Waals surface area contributed by atoms with Crippen molar-refractivity contribution in [2.24, 2.45) is 5.92 Å². The van der Waals surface area contributed by atoms with Crippen molar-refractivity contribution >= 4 is 9.84 Å². The normalized spacial score (nSPS) is 15.9. The number of aliphatic hydroxyl groups excluding tert-OH is 1. The van der Waals surface area contributed by atoms with Crippen molar-refractivity contribution in [2.45, 2.75) is 50.0 Å². The SMILES string of the molecule is CS(=O)(=O)c1ccc(-c2[nH]nc(COCCO)c2CC2CCCCC2)cc1. The van der Waals surface area contributed by atoms with Gasteiger partial charge in [0.05, 0.1) is 36.1 Å². The number of aromatic amines is 1. The first-order chi connectivity index (χ1) is 13.0. The predicted molar refractivity (Wildman–Crippen MR) is 104 cm³/mol. The monoisotopic (exact) mass is 392 g/mol. The Morgan fingerprint density at radius 2 is 1.89 bits per heavy atom. The Kier molecular flexibility index (Phi) is 6.68. The summed E-state index contributed by atoms with van der Waals surface area (Å²) in [4.78, 5) is 0.311. The van der Waals surface area contributed by atoms with Gasteiger partial charge in [-0.3, -0.25) is 5.10 Å². The molecular formula is C20H28N2O4S. The number of nitrogens with one attached hydrogen (secondary N) is 1. The van der Waals surface area contributed by atoms with Gasteiger partial charge < -0.3 is 9.84 Å². The van der Waals surface area contributed by atoms with Gasteiger partial charge >= 0.3 is 0 Å². The molecule has 0 spiro atoms. The summed E-state index contributed by atoms with van der Waals surface area (Å²) in [5.41, 5.74) is 3.88. The number of aliphatic hydroxyl groups is 1. The van der Waals surface area contributed by atoms with E-state index < -0.39 is 9.84 Å². The van der Waals surface area contributed by atoms with Crippen LogP contribution in [-0.4, -0.2) is 43.2 Å². The third-order valence-corrected chi connectivity index (χ3v) is 6.34. The van der Waals surface area contributed by atoms with Crippen molar-refractivity contribution in [1.29, 1.82) is 0 Å². The lowest BCUT2D eigenvalue weighted by Gasteiger charge is -2.22. The van der Waals surface area contributed by atoms with Gasteiger partial charge in [-0.05, 0) is 30.0 Å². The average Bonchev–Trinajstić information content (AvgIpc) is 3.05. The van der Waals surface area contributed by atoms with Crippen molar-refractivity contribution in [3.05, 3.63) is 35.5 Å². The number of ether oxygens (including phenoxy) is 1. The molecule has 148 valence electrons. The molecule has 0 saturated heterocycles. The van der Waals surface area contributed by atoms with Gasteiger partial charge in [-0.2, -0.15) is 5.10 Å². The summed E-state index contributed by atoms with van der Waals surface area (Å²) in [7, 11) is -3.21. The Labute approximate surface area is 160 Å². The average molecular weight is 393 g/mol. The smallest absolute Gasteiger partial charge is 0.175 e. The fourth-order valence-corrected chi connectivity index (χ4v) is 4.39. The maximum atomic E-state index is 11.7. The molecule has 7 heteroatoms. The van der Waals surface area contributed by atoms with E-state index in [-0.39, 0.29) is 13.2 Å². The van der Waals surface area contributed by atoms with Crippen LogP contribution in [0.4, 0.5) is 0 Å². The zero-order valence-electron chi connectivity index (χ0n) is 15.8. The Hall–Kier alpha value is -1.70. The molecule has 3 rings (SSSR count). The van der Waals surface area contributed by atoms with E-state index in [0.29, 0.717) is 17.4 Å². The van der Waals surface area contributed by atoms with Gasteiger partial charge in [0.25, 0.3) is 0 Å². The summed E-state index contributed by atoms with van der Waals surface area (Å²) in [5, 5.41) is 16.5. The van der Waals surface area contributed by atoms with Crippen LogP contribution >= 0.6 is 0 Å². The van der Waals surface area contributed by atoms with Gasteiger partial charge in [-0.1, -0.05) is 44.2 Å². The van der Waals surface area contributed by atoms with E-state index in [4.69, 9.17) is 9.84 Å². The summed E-state index contributed by atoms with van der Waals surface area (Å²) < 4.78 is 28.9. The minimum atomic E-state index is -3.21. The van der Waals surface area contributed by atoms with Gasteiger partial charge in [0, 0.05) is 11.8 Å². The Morgan fingerprint density at radius 3 is 2.52 bits per heavy atom. The lowest BCUT2D eigenvalue weighted by molar-refractivity contribution is 0.0791. The third kappa shape index (κ3) is 5.18. The molecule has 2 N–H and O–H groups in total. The Morgan fingerprint density at radius 1 is 1.19 bits per heavy atom. The zero-order valence-corrected chi connectivity index (χ0v) is 16.6. The number of nitrogens with zero attached hydrogens (tertiary/aromatic N) is 1. The van der Waals surface area contributed by atoms with Gasteiger partial charge in [0.15, 0.2) is 9.84 Å². The number of benzene rings is 1. The summed E-state index contributed by atoms with van der Waals surface area (Å²) in [6, 6.07) is 6.93. The second-order valence-electron chi connectivity index (χ2n) is 7.30. The highest BCUT2D eigenvalue weighted by Crippen LogP contribution is 2.32. The highest BCUT2D eigenvalue weighted by atomic mass is 32.2. The standard InChI is InChI=1S/C20H28N2O4S/c1-27(24,25)17-9-7-16(8-10-17)20-18(13-15-5-3-2-4-6-15)19(21-22-20)14-26-12-11-23/h7-10,15,23H,2-6,11-14H2,1H3,(H,21,22). The van der Waals surface area contributed by atoms with E-state index in [1.165, 1.54) is 38.4 Å². The summed E-state index contributed by atoms with van der Waals surface area (Å²) in [6.07, 6.45) is 8.48. The van der Waals surface area contributed by atoms with Crippen molar-refractivity contribution in [3.8, 4) is 11.3 Å². The molecule has 0 atom stereocenters. The first-order valence-corrected chi connectivity index (χ1v) is 11.4. The molecular weight excluding hydrogens is 364 g/mol. The fourth-order valence-electron chi connectivity index (χ4n) is 3.76. The predicted octanol–water partition coefficient (Wildman–Crippen LogP) is 3.11. The molecule has 0 unspecified atom stereocenters. The van der Waals surface area contributed by atoms with Crippen molar-refractivity contribution in [3.63, 3.8) is 0 Å². The Balaban J connectivity index is 1.88. The lowest BCUT2D eigenvalue weighted by atomic mass is 9.84. The second kappa shape index (κ2) is 8.99. The zero-order chi connectivity index (χ0) is 19.3. The quantitative estimate of drug-likeness (QED) is 0.674. The highest BCUT2D eigenvalue weighted by molar-refractivity contribution is 7.90. The molecule has 27 heavy (non-hydrogen) atoms. The van der Waals surface area contributed by atoms with Crippen LogP contribution in [0.25, 0.3) is 11.3 Å². The molecule has 0 aliphatic heterocycles. The van der Waals surface area contributed by atoms with Gasteiger partial charge in [0.1, 0.15) is 0 Å². The molecule has 2 aromatic rings.